The van der Waals surface area contributed by atoms with E-state index in [9.17, 15) is 8.42 Å². The maximum absolute atomic E-state index is 10.8. The van der Waals surface area contributed by atoms with Crippen LogP contribution in [0.5, 0.6) is 0 Å². The van der Waals surface area contributed by atoms with Crippen molar-refractivity contribution in [3.63, 3.8) is 0 Å². The van der Waals surface area contributed by atoms with Crippen molar-refractivity contribution in [2.75, 3.05) is 25.2 Å². The standard InChI is InChI=1S/C5H13NO3S/c1-3-10(7,8)5-4-9-6-2/h6H,3-5H2,1-2H3. The van der Waals surface area contributed by atoms with E-state index in [0.717, 1.165) is 0 Å². The Hall–Kier alpha value is -0.130. The first-order valence-corrected chi connectivity index (χ1v) is 4.93. The molecule has 0 fully saturated rings. The first-order chi connectivity index (χ1) is 4.62. The van der Waals surface area contributed by atoms with E-state index >= 15 is 0 Å². The van der Waals surface area contributed by atoms with E-state index in [0.29, 0.717) is 0 Å². The fourth-order valence-corrected chi connectivity index (χ4v) is 1.04. The molecule has 0 aliphatic heterocycles. The molecular weight excluding hydrogens is 154 g/mol. The Bertz CT molecular complexity index is 164. The summed E-state index contributed by atoms with van der Waals surface area (Å²) >= 11 is 0. The average Bonchev–Trinajstić information content (AvgIpc) is 1.89. The van der Waals surface area contributed by atoms with Gasteiger partial charge in [0.2, 0.25) is 0 Å². The molecule has 0 bridgehead atoms. The Morgan fingerprint density at radius 2 is 2.10 bits per heavy atom. The van der Waals surface area contributed by atoms with Crippen LogP contribution in [-0.2, 0) is 14.7 Å². The van der Waals surface area contributed by atoms with Crippen molar-refractivity contribution in [1.82, 2.24) is 5.48 Å². The molecule has 1 N–H and O–H groups in total. The van der Waals surface area contributed by atoms with Gasteiger partial charge in [0.05, 0.1) is 12.4 Å². The lowest BCUT2D eigenvalue weighted by Crippen LogP contribution is -2.18. The highest BCUT2D eigenvalue weighted by atomic mass is 32.2. The van der Waals surface area contributed by atoms with E-state index < -0.39 is 9.84 Å². The van der Waals surface area contributed by atoms with Gasteiger partial charge >= 0.3 is 0 Å². The van der Waals surface area contributed by atoms with E-state index in [2.05, 4.69) is 10.3 Å². The predicted molar refractivity (Wildman–Crippen MR) is 39.3 cm³/mol. The van der Waals surface area contributed by atoms with Gasteiger partial charge in [-0.1, -0.05) is 6.92 Å². The molecule has 0 radical (unpaired) electrons. The summed E-state index contributed by atoms with van der Waals surface area (Å²) in [5.41, 5.74) is 2.40. The van der Waals surface area contributed by atoms with E-state index in [-0.39, 0.29) is 18.1 Å². The van der Waals surface area contributed by atoms with Crippen LogP contribution < -0.4 is 5.48 Å². The lowest BCUT2D eigenvalue weighted by Gasteiger charge is -2.00. The number of nitrogens with one attached hydrogen (secondary N) is 1. The van der Waals surface area contributed by atoms with Gasteiger partial charge in [0.15, 0.2) is 9.84 Å². The molecule has 0 aromatic rings. The molecule has 0 aliphatic rings. The van der Waals surface area contributed by atoms with Crippen LogP contribution in [0.3, 0.4) is 0 Å². The van der Waals surface area contributed by atoms with Gasteiger partial charge in [-0.2, -0.15) is 0 Å². The summed E-state index contributed by atoms with van der Waals surface area (Å²) < 4.78 is 21.5. The highest BCUT2D eigenvalue weighted by Gasteiger charge is 2.05. The molecule has 10 heavy (non-hydrogen) atoms. The quantitative estimate of drug-likeness (QED) is 0.446. The zero-order valence-corrected chi connectivity index (χ0v) is 7.07. The summed E-state index contributed by atoms with van der Waals surface area (Å²) in [4.78, 5) is 4.64. The maximum Gasteiger partial charge on any atom is 0.152 e. The van der Waals surface area contributed by atoms with Crippen molar-refractivity contribution in [2.24, 2.45) is 0 Å². The molecule has 0 saturated heterocycles. The van der Waals surface area contributed by atoms with Crippen molar-refractivity contribution >= 4 is 9.84 Å². The molecular formula is C5H13NO3S. The van der Waals surface area contributed by atoms with Gasteiger partial charge in [0.25, 0.3) is 0 Å². The normalized spacial score (nSPS) is 11.8. The summed E-state index contributed by atoms with van der Waals surface area (Å²) in [5.74, 6) is 0.268. The average molecular weight is 167 g/mol. The number of hydroxylamine groups is 1. The summed E-state index contributed by atoms with van der Waals surface area (Å²) in [6, 6.07) is 0. The highest BCUT2D eigenvalue weighted by Crippen LogP contribution is 1.87. The largest absolute Gasteiger partial charge is 0.301 e. The fourth-order valence-electron chi connectivity index (χ4n) is 0.415. The molecule has 0 rings (SSSR count). The number of hydrogen-bond donors (Lipinski definition) is 1. The second-order valence-electron chi connectivity index (χ2n) is 1.79. The topological polar surface area (TPSA) is 55.4 Å². The van der Waals surface area contributed by atoms with Crippen LogP contribution in [0, 0.1) is 0 Å². The minimum atomic E-state index is -2.86. The lowest BCUT2D eigenvalue weighted by molar-refractivity contribution is 0.0700. The second kappa shape index (κ2) is 4.65. The molecule has 5 heteroatoms. The molecule has 0 heterocycles. The lowest BCUT2D eigenvalue weighted by atomic mass is 10.9. The van der Waals surface area contributed by atoms with E-state index in [1.54, 1.807) is 14.0 Å². The van der Waals surface area contributed by atoms with Gasteiger partial charge < -0.3 is 4.84 Å². The number of sulfone groups is 1. The number of hydrogen-bond acceptors (Lipinski definition) is 4. The van der Waals surface area contributed by atoms with Crippen molar-refractivity contribution in [2.45, 2.75) is 6.92 Å². The first kappa shape index (κ1) is 9.87. The van der Waals surface area contributed by atoms with Crippen molar-refractivity contribution in [1.29, 1.82) is 0 Å². The summed E-state index contributed by atoms with van der Waals surface area (Å²) in [7, 11) is -1.26. The minimum absolute atomic E-state index is 0.0876. The smallest absolute Gasteiger partial charge is 0.152 e. The molecule has 0 aliphatic carbocycles. The Morgan fingerprint density at radius 3 is 2.50 bits per heavy atom. The van der Waals surface area contributed by atoms with E-state index in [4.69, 9.17) is 0 Å². The predicted octanol–water partition coefficient (Wildman–Crippen LogP) is -0.428. The Kier molecular flexibility index (Phi) is 4.59. The Labute approximate surface area is 61.4 Å². The summed E-state index contributed by atoms with van der Waals surface area (Å²) in [6.07, 6.45) is 0. The van der Waals surface area contributed by atoms with Crippen LogP contribution in [0.4, 0.5) is 0 Å². The maximum atomic E-state index is 10.8. The van der Waals surface area contributed by atoms with Crippen LogP contribution in [0.25, 0.3) is 0 Å². The molecule has 0 aromatic carbocycles. The number of rotatable bonds is 5. The molecule has 0 atom stereocenters. The van der Waals surface area contributed by atoms with Crippen molar-refractivity contribution in [3.8, 4) is 0 Å². The van der Waals surface area contributed by atoms with Crippen LogP contribution >= 0.6 is 0 Å². The zero-order valence-electron chi connectivity index (χ0n) is 6.25. The van der Waals surface area contributed by atoms with Crippen LogP contribution in [0.1, 0.15) is 6.92 Å². The molecule has 4 nitrogen and oxygen atoms in total. The summed E-state index contributed by atoms with van der Waals surface area (Å²) in [5, 5.41) is 0. The molecule has 0 spiro atoms. The van der Waals surface area contributed by atoms with Gasteiger partial charge in [-0.3, -0.25) is 0 Å². The van der Waals surface area contributed by atoms with Crippen molar-refractivity contribution < 1.29 is 13.3 Å². The highest BCUT2D eigenvalue weighted by molar-refractivity contribution is 7.91. The van der Waals surface area contributed by atoms with Crippen LogP contribution in [-0.4, -0.2) is 33.6 Å². The SMILES string of the molecule is CCS(=O)(=O)CCONC. The second-order valence-corrected chi connectivity index (χ2v) is 4.26. The molecule has 0 aromatic heterocycles. The molecule has 62 valence electrons. The molecule has 0 amide bonds. The van der Waals surface area contributed by atoms with Gasteiger partial charge in [-0.15, -0.1) is 0 Å². The van der Waals surface area contributed by atoms with Crippen molar-refractivity contribution in [3.05, 3.63) is 0 Å². The van der Waals surface area contributed by atoms with Crippen LogP contribution in [0.15, 0.2) is 0 Å². The molecule has 0 saturated carbocycles. The Balaban J connectivity index is 3.49. The zero-order chi connectivity index (χ0) is 8.04. The monoisotopic (exact) mass is 167 g/mol. The first-order valence-electron chi connectivity index (χ1n) is 3.11. The summed E-state index contributed by atoms with van der Waals surface area (Å²) in [6.45, 7) is 1.83. The fraction of sp³-hybridized carbons (Fsp3) is 1.00. The van der Waals surface area contributed by atoms with E-state index in [1.165, 1.54) is 0 Å². The third-order valence-electron chi connectivity index (χ3n) is 1.08. The van der Waals surface area contributed by atoms with E-state index in [1.807, 2.05) is 0 Å². The minimum Gasteiger partial charge on any atom is -0.301 e. The van der Waals surface area contributed by atoms with Gasteiger partial charge in [-0.25, -0.2) is 13.9 Å². The Morgan fingerprint density at radius 1 is 1.50 bits per heavy atom. The molecule has 0 unspecified atom stereocenters. The third-order valence-corrected chi connectivity index (χ3v) is 2.75. The van der Waals surface area contributed by atoms with Gasteiger partial charge in [0.1, 0.15) is 0 Å². The van der Waals surface area contributed by atoms with Gasteiger partial charge in [0, 0.05) is 12.8 Å². The third kappa shape index (κ3) is 4.72. The van der Waals surface area contributed by atoms with Crippen LogP contribution in [0.2, 0.25) is 0 Å². The van der Waals surface area contributed by atoms with Gasteiger partial charge in [-0.05, 0) is 0 Å².